The maximum Gasteiger partial charge on any atom is 0.266 e. The van der Waals surface area contributed by atoms with Gasteiger partial charge in [0, 0.05) is 44.7 Å². The summed E-state index contributed by atoms with van der Waals surface area (Å²) in [4.78, 5) is 21.1. The van der Waals surface area contributed by atoms with Crippen LogP contribution < -0.4 is 5.56 Å². The number of aromatic nitrogens is 4. The lowest BCUT2D eigenvalue weighted by atomic mass is 9.85. The molecule has 2 aliphatic rings. The van der Waals surface area contributed by atoms with Crippen LogP contribution in [0.3, 0.4) is 0 Å². The summed E-state index contributed by atoms with van der Waals surface area (Å²) in [6, 6.07) is 3.34. The molecule has 8 nitrogen and oxygen atoms in total. The van der Waals surface area contributed by atoms with E-state index in [9.17, 15) is 4.79 Å². The fourth-order valence-corrected chi connectivity index (χ4v) is 3.47. The number of rotatable bonds is 6. The fraction of sp³-hybridized carbons (Fsp3) is 0.667. The zero-order valence-corrected chi connectivity index (χ0v) is 15.3. The van der Waals surface area contributed by atoms with Gasteiger partial charge in [-0.05, 0) is 25.8 Å². The number of hydrogen-bond donors (Lipinski definition) is 0. The van der Waals surface area contributed by atoms with Crippen molar-refractivity contribution >= 4 is 0 Å². The van der Waals surface area contributed by atoms with E-state index < -0.39 is 0 Å². The van der Waals surface area contributed by atoms with Crippen molar-refractivity contribution < 1.29 is 4.52 Å². The second-order valence-electron chi connectivity index (χ2n) is 7.33. The highest BCUT2D eigenvalue weighted by molar-refractivity contribution is 4.99. The fourth-order valence-electron chi connectivity index (χ4n) is 3.47. The average molecular weight is 358 g/mol. The maximum atomic E-state index is 11.8. The first-order chi connectivity index (χ1) is 12.7. The van der Waals surface area contributed by atoms with Gasteiger partial charge in [0.2, 0.25) is 5.89 Å². The molecule has 8 heteroatoms. The molecule has 0 radical (unpaired) electrons. The Morgan fingerprint density at radius 3 is 2.62 bits per heavy atom. The summed E-state index contributed by atoms with van der Waals surface area (Å²) in [6.07, 6.45) is 3.63. The Balaban J connectivity index is 1.23. The van der Waals surface area contributed by atoms with Crippen LogP contribution in [0, 0.1) is 6.92 Å². The first-order valence-corrected chi connectivity index (χ1v) is 9.49. The number of hydrogen-bond acceptors (Lipinski definition) is 7. The quantitative estimate of drug-likeness (QED) is 0.763. The Hall–Kier alpha value is -2.06. The molecular weight excluding hydrogens is 332 g/mol. The summed E-state index contributed by atoms with van der Waals surface area (Å²) >= 11 is 0. The molecular formula is C18H26N6O2. The van der Waals surface area contributed by atoms with E-state index in [0.29, 0.717) is 12.5 Å². The van der Waals surface area contributed by atoms with E-state index in [4.69, 9.17) is 4.52 Å². The van der Waals surface area contributed by atoms with Gasteiger partial charge in [-0.3, -0.25) is 14.6 Å². The molecule has 26 heavy (non-hydrogen) atoms. The number of nitrogens with zero attached hydrogens (tertiary/aromatic N) is 6. The summed E-state index contributed by atoms with van der Waals surface area (Å²) in [5.74, 6) is 2.11. The zero-order chi connectivity index (χ0) is 17.9. The number of aryl methyl sites for hydroxylation is 1. The molecule has 140 valence electrons. The summed E-state index contributed by atoms with van der Waals surface area (Å²) in [5, 5.41) is 8.43. The molecule has 0 atom stereocenters. The van der Waals surface area contributed by atoms with Gasteiger partial charge in [-0.15, -0.1) is 0 Å². The van der Waals surface area contributed by atoms with Crippen molar-refractivity contribution in [1.82, 2.24) is 29.7 Å². The van der Waals surface area contributed by atoms with Crippen molar-refractivity contribution in [2.24, 2.45) is 0 Å². The molecule has 0 spiro atoms. The van der Waals surface area contributed by atoms with Gasteiger partial charge in [-0.1, -0.05) is 11.6 Å². The van der Waals surface area contributed by atoms with Gasteiger partial charge in [-0.2, -0.15) is 10.1 Å². The van der Waals surface area contributed by atoms with Gasteiger partial charge in [-0.25, -0.2) is 4.68 Å². The first-order valence-electron chi connectivity index (χ1n) is 9.49. The normalized spacial score (nSPS) is 19.6. The average Bonchev–Trinajstić information content (AvgIpc) is 3.03. The molecule has 1 aliphatic carbocycles. The van der Waals surface area contributed by atoms with Crippen molar-refractivity contribution in [1.29, 1.82) is 0 Å². The van der Waals surface area contributed by atoms with Crippen LogP contribution in [0.5, 0.6) is 0 Å². The molecule has 2 fully saturated rings. The molecule has 0 unspecified atom stereocenters. The number of piperazine rings is 1. The van der Waals surface area contributed by atoms with Gasteiger partial charge < -0.3 is 4.52 Å². The molecule has 2 aromatic heterocycles. The Kier molecular flexibility index (Phi) is 5.12. The predicted octanol–water partition coefficient (Wildman–Crippen LogP) is 1.02. The van der Waals surface area contributed by atoms with E-state index in [2.05, 4.69) is 25.0 Å². The Bertz CT molecular complexity index is 789. The topological polar surface area (TPSA) is 80.3 Å². The Morgan fingerprint density at radius 2 is 1.88 bits per heavy atom. The lowest BCUT2D eigenvalue weighted by Gasteiger charge is -2.33. The molecule has 1 saturated carbocycles. The van der Waals surface area contributed by atoms with Gasteiger partial charge in [0.05, 0.1) is 18.8 Å². The van der Waals surface area contributed by atoms with Gasteiger partial charge in [0.15, 0.2) is 5.82 Å². The van der Waals surface area contributed by atoms with E-state index >= 15 is 0 Å². The van der Waals surface area contributed by atoms with Crippen LogP contribution in [0.2, 0.25) is 0 Å². The van der Waals surface area contributed by atoms with Crippen molar-refractivity contribution in [2.45, 2.75) is 45.2 Å². The van der Waals surface area contributed by atoms with Crippen molar-refractivity contribution in [2.75, 3.05) is 32.7 Å². The van der Waals surface area contributed by atoms with Crippen LogP contribution >= 0.6 is 0 Å². The SMILES string of the molecule is Cc1ccc(=O)n(CCN2CCN(Cc3noc(C4CCC4)n3)CC2)n1. The monoisotopic (exact) mass is 358 g/mol. The second-order valence-corrected chi connectivity index (χ2v) is 7.33. The molecule has 3 heterocycles. The molecule has 0 N–H and O–H groups in total. The zero-order valence-electron chi connectivity index (χ0n) is 15.3. The molecule has 0 aromatic carbocycles. The molecule has 0 bridgehead atoms. The molecule has 4 rings (SSSR count). The first kappa shape index (κ1) is 17.4. The third-order valence-corrected chi connectivity index (χ3v) is 5.40. The van der Waals surface area contributed by atoms with E-state index in [1.165, 1.54) is 19.3 Å². The molecule has 1 saturated heterocycles. The third-order valence-electron chi connectivity index (χ3n) is 5.40. The summed E-state index contributed by atoms with van der Waals surface area (Å²) in [5.41, 5.74) is 0.837. The highest BCUT2D eigenvalue weighted by Gasteiger charge is 2.26. The van der Waals surface area contributed by atoms with Gasteiger partial charge >= 0.3 is 0 Å². The molecule has 0 amide bonds. The van der Waals surface area contributed by atoms with E-state index in [0.717, 1.165) is 56.7 Å². The predicted molar refractivity (Wildman–Crippen MR) is 95.8 cm³/mol. The molecule has 2 aromatic rings. The van der Waals surface area contributed by atoms with E-state index in [-0.39, 0.29) is 5.56 Å². The third kappa shape index (κ3) is 4.02. The lowest BCUT2D eigenvalue weighted by molar-refractivity contribution is 0.120. The summed E-state index contributed by atoms with van der Waals surface area (Å²) < 4.78 is 6.96. The van der Waals surface area contributed by atoms with Crippen LogP contribution in [0.15, 0.2) is 21.5 Å². The summed E-state index contributed by atoms with van der Waals surface area (Å²) in [7, 11) is 0. The highest BCUT2D eigenvalue weighted by atomic mass is 16.5. The minimum Gasteiger partial charge on any atom is -0.339 e. The highest BCUT2D eigenvalue weighted by Crippen LogP contribution is 2.35. The van der Waals surface area contributed by atoms with E-state index in [1.54, 1.807) is 16.8 Å². The van der Waals surface area contributed by atoms with Gasteiger partial charge in [0.25, 0.3) is 5.56 Å². The minimum atomic E-state index is -0.0337. The van der Waals surface area contributed by atoms with Crippen LogP contribution in [0.1, 0.15) is 42.6 Å². The van der Waals surface area contributed by atoms with E-state index in [1.807, 2.05) is 6.92 Å². The van der Waals surface area contributed by atoms with Crippen molar-refractivity contribution in [3.05, 3.63) is 39.9 Å². The minimum absolute atomic E-state index is 0.0337. The second kappa shape index (κ2) is 7.67. The van der Waals surface area contributed by atoms with Crippen LogP contribution in [-0.4, -0.2) is 62.4 Å². The largest absolute Gasteiger partial charge is 0.339 e. The standard InChI is InChI=1S/C18H26N6O2/c1-14-5-6-17(25)24(20-14)12-11-22-7-9-23(10-8-22)13-16-19-18(26-21-16)15-3-2-4-15/h5-6,15H,2-4,7-13H2,1H3. The Labute approximate surface area is 152 Å². The van der Waals surface area contributed by atoms with Crippen LogP contribution in [0.4, 0.5) is 0 Å². The van der Waals surface area contributed by atoms with Crippen molar-refractivity contribution in [3.63, 3.8) is 0 Å². The lowest BCUT2D eigenvalue weighted by Crippen LogP contribution is -2.47. The van der Waals surface area contributed by atoms with Gasteiger partial charge in [0.1, 0.15) is 0 Å². The Morgan fingerprint density at radius 1 is 1.12 bits per heavy atom. The van der Waals surface area contributed by atoms with Crippen LogP contribution in [0.25, 0.3) is 0 Å². The smallest absolute Gasteiger partial charge is 0.266 e. The van der Waals surface area contributed by atoms with Crippen LogP contribution in [-0.2, 0) is 13.1 Å². The maximum absolute atomic E-state index is 11.8. The molecule has 1 aliphatic heterocycles. The van der Waals surface area contributed by atoms with Crippen molar-refractivity contribution in [3.8, 4) is 0 Å². The summed E-state index contributed by atoms with van der Waals surface area (Å²) in [6.45, 7) is 8.05.